The molecule has 0 aliphatic heterocycles. The van der Waals surface area contributed by atoms with E-state index in [2.05, 4.69) is 30.3 Å². The second kappa shape index (κ2) is 6.26. The van der Waals surface area contributed by atoms with Crippen molar-refractivity contribution in [1.82, 2.24) is 9.55 Å². The van der Waals surface area contributed by atoms with Crippen LogP contribution in [0.5, 0.6) is 0 Å². The standard InChI is InChI=1S/C16H22N2O3/c1-10(2)15-17-13-7-6-12(16(20)21)9-14(13)18(15)11(3)5-4-8-19/h6-7,9-11,19H,4-5,8H2,1-3H3,(H,20,21). The highest BCUT2D eigenvalue weighted by molar-refractivity contribution is 5.92. The van der Waals surface area contributed by atoms with Gasteiger partial charge in [0.1, 0.15) is 5.82 Å². The van der Waals surface area contributed by atoms with Crippen LogP contribution < -0.4 is 0 Å². The van der Waals surface area contributed by atoms with Crippen LogP contribution in [0.4, 0.5) is 0 Å². The van der Waals surface area contributed by atoms with Gasteiger partial charge in [0.2, 0.25) is 0 Å². The summed E-state index contributed by atoms with van der Waals surface area (Å²) >= 11 is 0. The molecule has 0 radical (unpaired) electrons. The predicted molar refractivity (Wildman–Crippen MR) is 81.8 cm³/mol. The van der Waals surface area contributed by atoms with Crippen molar-refractivity contribution in [2.45, 2.75) is 45.6 Å². The number of hydrogen-bond acceptors (Lipinski definition) is 3. The molecule has 1 heterocycles. The van der Waals surface area contributed by atoms with Crippen molar-refractivity contribution in [2.75, 3.05) is 6.61 Å². The predicted octanol–water partition coefficient (Wildman–Crippen LogP) is 3.19. The largest absolute Gasteiger partial charge is 0.478 e. The van der Waals surface area contributed by atoms with Gasteiger partial charge in [-0.25, -0.2) is 9.78 Å². The molecule has 0 spiro atoms. The lowest BCUT2D eigenvalue weighted by molar-refractivity contribution is 0.0697. The summed E-state index contributed by atoms with van der Waals surface area (Å²) in [5, 5.41) is 18.2. The summed E-state index contributed by atoms with van der Waals surface area (Å²) in [6, 6.07) is 5.21. The van der Waals surface area contributed by atoms with Crippen molar-refractivity contribution < 1.29 is 15.0 Å². The second-order valence-electron chi connectivity index (χ2n) is 5.72. The van der Waals surface area contributed by atoms with Gasteiger partial charge in [-0.3, -0.25) is 0 Å². The van der Waals surface area contributed by atoms with Crippen LogP contribution in [0.3, 0.4) is 0 Å². The van der Waals surface area contributed by atoms with Gasteiger partial charge >= 0.3 is 5.97 Å². The van der Waals surface area contributed by atoms with Crippen molar-refractivity contribution in [3.05, 3.63) is 29.6 Å². The third kappa shape index (κ3) is 3.08. The molecule has 5 heteroatoms. The Balaban J connectivity index is 2.58. The fourth-order valence-electron chi connectivity index (χ4n) is 2.63. The summed E-state index contributed by atoms with van der Waals surface area (Å²) in [6.07, 6.45) is 1.55. The molecule has 2 aromatic rings. The minimum absolute atomic E-state index is 0.161. The van der Waals surface area contributed by atoms with Crippen LogP contribution in [-0.4, -0.2) is 32.3 Å². The summed E-state index contributed by atoms with van der Waals surface area (Å²) in [4.78, 5) is 15.8. The van der Waals surface area contributed by atoms with Gasteiger partial charge in [0.25, 0.3) is 0 Å². The Morgan fingerprint density at radius 2 is 2.05 bits per heavy atom. The molecular weight excluding hydrogens is 268 g/mol. The SMILES string of the molecule is CC(C)c1nc2ccc(C(=O)O)cc2n1C(C)CCCO. The van der Waals surface area contributed by atoms with Gasteiger partial charge in [0, 0.05) is 18.6 Å². The number of fused-ring (bicyclic) bond motifs is 1. The van der Waals surface area contributed by atoms with Crippen molar-refractivity contribution in [3.8, 4) is 0 Å². The van der Waals surface area contributed by atoms with Crippen LogP contribution in [0.25, 0.3) is 11.0 Å². The molecule has 114 valence electrons. The number of aromatic carboxylic acids is 1. The van der Waals surface area contributed by atoms with Gasteiger partial charge in [0.05, 0.1) is 16.6 Å². The smallest absolute Gasteiger partial charge is 0.335 e. The number of carboxylic acids is 1. The molecule has 1 aromatic carbocycles. The number of imidazole rings is 1. The van der Waals surface area contributed by atoms with Crippen LogP contribution in [0.15, 0.2) is 18.2 Å². The number of nitrogens with zero attached hydrogens (tertiary/aromatic N) is 2. The summed E-state index contributed by atoms with van der Waals surface area (Å²) < 4.78 is 2.11. The third-order valence-electron chi connectivity index (χ3n) is 3.70. The first kappa shape index (κ1) is 15.5. The lowest BCUT2D eigenvalue weighted by atomic mass is 10.1. The maximum Gasteiger partial charge on any atom is 0.335 e. The Morgan fingerprint density at radius 3 is 2.62 bits per heavy atom. The minimum Gasteiger partial charge on any atom is -0.478 e. The van der Waals surface area contributed by atoms with E-state index < -0.39 is 5.97 Å². The number of aliphatic hydroxyl groups excluding tert-OH is 1. The lowest BCUT2D eigenvalue weighted by Gasteiger charge is -2.19. The zero-order valence-corrected chi connectivity index (χ0v) is 12.7. The molecule has 0 bridgehead atoms. The minimum atomic E-state index is -0.932. The number of carboxylic acid groups (broad SMARTS) is 1. The highest BCUT2D eigenvalue weighted by Gasteiger charge is 2.19. The number of aliphatic hydroxyl groups is 1. The second-order valence-corrected chi connectivity index (χ2v) is 5.72. The molecule has 1 atom stereocenters. The van der Waals surface area contributed by atoms with E-state index in [-0.39, 0.29) is 24.1 Å². The maximum absolute atomic E-state index is 11.2. The van der Waals surface area contributed by atoms with E-state index in [1.54, 1.807) is 18.2 Å². The molecule has 0 aliphatic rings. The normalized spacial score (nSPS) is 13.0. The molecule has 0 saturated carbocycles. The Kier molecular flexibility index (Phi) is 4.63. The van der Waals surface area contributed by atoms with Crippen molar-refractivity contribution in [3.63, 3.8) is 0 Å². The fraction of sp³-hybridized carbons (Fsp3) is 0.500. The molecule has 0 saturated heterocycles. The van der Waals surface area contributed by atoms with Crippen molar-refractivity contribution in [1.29, 1.82) is 0 Å². The maximum atomic E-state index is 11.2. The molecule has 5 nitrogen and oxygen atoms in total. The Morgan fingerprint density at radius 1 is 1.33 bits per heavy atom. The number of aromatic nitrogens is 2. The van der Waals surface area contributed by atoms with E-state index in [0.29, 0.717) is 0 Å². The molecule has 0 amide bonds. The first-order chi connectivity index (χ1) is 9.95. The monoisotopic (exact) mass is 290 g/mol. The van der Waals surface area contributed by atoms with E-state index in [1.807, 2.05) is 0 Å². The first-order valence-corrected chi connectivity index (χ1v) is 7.31. The van der Waals surface area contributed by atoms with Gasteiger partial charge < -0.3 is 14.8 Å². The van der Waals surface area contributed by atoms with Gasteiger partial charge in [-0.1, -0.05) is 13.8 Å². The molecule has 0 aliphatic carbocycles. The average molecular weight is 290 g/mol. The van der Waals surface area contributed by atoms with E-state index >= 15 is 0 Å². The van der Waals surface area contributed by atoms with Gasteiger partial charge in [-0.05, 0) is 38.0 Å². The van der Waals surface area contributed by atoms with E-state index in [9.17, 15) is 4.79 Å². The fourth-order valence-corrected chi connectivity index (χ4v) is 2.63. The van der Waals surface area contributed by atoms with Crippen molar-refractivity contribution >= 4 is 17.0 Å². The summed E-state index contributed by atoms with van der Waals surface area (Å²) in [5.41, 5.74) is 1.94. The highest BCUT2D eigenvalue weighted by Crippen LogP contribution is 2.28. The van der Waals surface area contributed by atoms with Crippen LogP contribution in [-0.2, 0) is 0 Å². The van der Waals surface area contributed by atoms with Gasteiger partial charge in [-0.15, -0.1) is 0 Å². The Labute approximate surface area is 124 Å². The topological polar surface area (TPSA) is 75.3 Å². The van der Waals surface area contributed by atoms with Crippen LogP contribution in [0.2, 0.25) is 0 Å². The van der Waals surface area contributed by atoms with E-state index in [1.165, 1.54) is 0 Å². The molecule has 0 fully saturated rings. The summed E-state index contributed by atoms with van der Waals surface area (Å²) in [7, 11) is 0. The lowest BCUT2D eigenvalue weighted by Crippen LogP contribution is -2.11. The highest BCUT2D eigenvalue weighted by atomic mass is 16.4. The van der Waals surface area contributed by atoms with Crippen LogP contribution >= 0.6 is 0 Å². The average Bonchev–Trinajstić information content (AvgIpc) is 2.83. The van der Waals surface area contributed by atoms with Crippen molar-refractivity contribution in [2.24, 2.45) is 0 Å². The molecule has 1 unspecified atom stereocenters. The van der Waals surface area contributed by atoms with E-state index in [4.69, 9.17) is 10.2 Å². The zero-order chi connectivity index (χ0) is 15.6. The molecule has 2 rings (SSSR count). The summed E-state index contributed by atoms with van der Waals surface area (Å²) in [5.74, 6) is 0.277. The molecule has 21 heavy (non-hydrogen) atoms. The van der Waals surface area contributed by atoms with Crippen LogP contribution in [0.1, 0.15) is 61.8 Å². The molecule has 1 aromatic heterocycles. The first-order valence-electron chi connectivity index (χ1n) is 7.31. The van der Waals surface area contributed by atoms with Gasteiger partial charge in [-0.2, -0.15) is 0 Å². The molecular formula is C16H22N2O3. The summed E-state index contributed by atoms with van der Waals surface area (Å²) in [6.45, 7) is 6.40. The Hall–Kier alpha value is -1.88. The zero-order valence-electron chi connectivity index (χ0n) is 12.7. The van der Waals surface area contributed by atoms with E-state index in [0.717, 1.165) is 29.7 Å². The third-order valence-corrected chi connectivity index (χ3v) is 3.70. The molecule has 2 N–H and O–H groups in total. The quantitative estimate of drug-likeness (QED) is 0.856. The number of hydrogen-bond donors (Lipinski definition) is 2. The van der Waals surface area contributed by atoms with Gasteiger partial charge in [0.15, 0.2) is 0 Å². The van der Waals surface area contributed by atoms with Crippen LogP contribution in [0, 0.1) is 0 Å². The number of benzene rings is 1. The Bertz CT molecular complexity index is 646. The number of carbonyl (C=O) groups is 1. The number of rotatable bonds is 6.